The van der Waals surface area contributed by atoms with Crippen LogP contribution in [0.5, 0.6) is 0 Å². The fraction of sp³-hybridized carbons (Fsp3) is 0.500. The van der Waals surface area contributed by atoms with Gasteiger partial charge in [0, 0.05) is 18.8 Å². The molecule has 0 radical (unpaired) electrons. The monoisotopic (exact) mass is 233 g/mol. The maximum absolute atomic E-state index is 11.5. The first-order valence-electron chi connectivity index (χ1n) is 6.09. The van der Waals surface area contributed by atoms with Crippen molar-refractivity contribution in [1.29, 1.82) is 0 Å². The van der Waals surface area contributed by atoms with Crippen molar-refractivity contribution in [2.24, 2.45) is 5.73 Å². The molecule has 0 aromatic heterocycles. The van der Waals surface area contributed by atoms with Gasteiger partial charge in [0.1, 0.15) is 0 Å². The first-order chi connectivity index (χ1) is 8.11. The molecule has 3 nitrogen and oxygen atoms in total. The molecule has 1 heterocycles. The van der Waals surface area contributed by atoms with Gasteiger partial charge < -0.3 is 10.5 Å². The number of carbonyl (C=O) groups excluding carboxylic acids is 1. The highest BCUT2D eigenvalue weighted by Gasteiger charge is 2.23. The molecule has 1 amide bonds. The predicted octanol–water partition coefficient (Wildman–Crippen LogP) is 2.30. The van der Waals surface area contributed by atoms with Crippen LogP contribution in [0.1, 0.15) is 45.8 Å². The fourth-order valence-corrected chi connectivity index (χ4v) is 2.56. The van der Waals surface area contributed by atoms with Gasteiger partial charge in [-0.25, -0.2) is 0 Å². The summed E-state index contributed by atoms with van der Waals surface area (Å²) in [4.78, 5) is 11.5. The van der Waals surface area contributed by atoms with E-state index in [2.05, 4.69) is 13.8 Å². The third-order valence-corrected chi connectivity index (χ3v) is 3.68. The first-order valence-corrected chi connectivity index (χ1v) is 6.09. The summed E-state index contributed by atoms with van der Waals surface area (Å²) in [5.41, 5.74) is 9.71. The molecule has 0 saturated carbocycles. The Morgan fingerprint density at radius 3 is 2.53 bits per heavy atom. The van der Waals surface area contributed by atoms with Crippen molar-refractivity contribution >= 4 is 5.91 Å². The Balaban J connectivity index is 2.48. The quantitative estimate of drug-likeness (QED) is 0.852. The molecular weight excluding hydrogens is 214 g/mol. The number of ether oxygens (including phenoxy) is 1. The molecule has 1 aliphatic rings. The van der Waals surface area contributed by atoms with E-state index in [9.17, 15) is 4.79 Å². The highest BCUT2D eigenvalue weighted by molar-refractivity contribution is 5.95. The van der Waals surface area contributed by atoms with E-state index in [0.29, 0.717) is 11.5 Å². The number of primary amides is 1. The van der Waals surface area contributed by atoms with Gasteiger partial charge in [-0.2, -0.15) is 0 Å². The van der Waals surface area contributed by atoms with Crippen molar-refractivity contribution in [1.82, 2.24) is 0 Å². The lowest BCUT2D eigenvalue weighted by atomic mass is 9.83. The molecule has 1 aromatic rings. The van der Waals surface area contributed by atoms with Crippen LogP contribution in [0, 0.1) is 13.8 Å². The van der Waals surface area contributed by atoms with Gasteiger partial charge in [-0.15, -0.1) is 0 Å². The molecule has 0 unspecified atom stereocenters. The number of benzene rings is 1. The summed E-state index contributed by atoms with van der Waals surface area (Å²) in [6.07, 6.45) is 1.95. The summed E-state index contributed by atoms with van der Waals surface area (Å²) in [5.74, 6) is 0.0840. The van der Waals surface area contributed by atoms with Gasteiger partial charge in [0.25, 0.3) is 0 Å². The first kappa shape index (κ1) is 12.1. The highest BCUT2D eigenvalue weighted by Crippen LogP contribution is 2.33. The van der Waals surface area contributed by atoms with E-state index in [0.717, 1.165) is 31.6 Å². The van der Waals surface area contributed by atoms with Crippen LogP contribution in [0.4, 0.5) is 0 Å². The molecule has 2 N–H and O–H groups in total. The molecule has 0 atom stereocenters. The zero-order valence-electron chi connectivity index (χ0n) is 10.5. The summed E-state index contributed by atoms with van der Waals surface area (Å²) in [5, 5.41) is 0. The molecule has 0 spiro atoms. The van der Waals surface area contributed by atoms with E-state index < -0.39 is 0 Å². The van der Waals surface area contributed by atoms with Crippen molar-refractivity contribution in [3.05, 3.63) is 34.4 Å². The third kappa shape index (κ3) is 2.34. The molecule has 2 rings (SSSR count). The Labute approximate surface area is 102 Å². The van der Waals surface area contributed by atoms with Crippen LogP contribution < -0.4 is 5.73 Å². The van der Waals surface area contributed by atoms with Crippen LogP contribution in [0.15, 0.2) is 12.1 Å². The molecule has 17 heavy (non-hydrogen) atoms. The van der Waals surface area contributed by atoms with Crippen molar-refractivity contribution in [2.45, 2.75) is 32.6 Å². The maximum Gasteiger partial charge on any atom is 0.248 e. The minimum absolute atomic E-state index is 0.324. The zero-order valence-corrected chi connectivity index (χ0v) is 10.5. The van der Waals surface area contributed by atoms with Crippen molar-refractivity contribution in [2.75, 3.05) is 13.2 Å². The van der Waals surface area contributed by atoms with E-state index >= 15 is 0 Å². The van der Waals surface area contributed by atoms with E-state index in [1.165, 1.54) is 11.1 Å². The molecule has 92 valence electrons. The lowest BCUT2D eigenvalue weighted by molar-refractivity contribution is 0.0843. The second kappa shape index (κ2) is 4.88. The minimum Gasteiger partial charge on any atom is -0.381 e. The Kier molecular flexibility index (Phi) is 3.48. The number of hydrogen-bond acceptors (Lipinski definition) is 2. The number of amides is 1. The van der Waals surface area contributed by atoms with Gasteiger partial charge in [-0.05, 0) is 55.4 Å². The summed E-state index contributed by atoms with van der Waals surface area (Å²) >= 11 is 0. The topological polar surface area (TPSA) is 52.3 Å². The second-order valence-corrected chi connectivity index (χ2v) is 4.72. The van der Waals surface area contributed by atoms with Crippen molar-refractivity contribution in [3.63, 3.8) is 0 Å². The minimum atomic E-state index is -0.324. The molecule has 3 heteroatoms. The largest absolute Gasteiger partial charge is 0.381 e. The Morgan fingerprint density at radius 1 is 1.29 bits per heavy atom. The van der Waals surface area contributed by atoms with Gasteiger partial charge in [-0.3, -0.25) is 4.79 Å². The molecular formula is C14H19NO2. The van der Waals surface area contributed by atoms with Crippen molar-refractivity contribution in [3.8, 4) is 0 Å². The van der Waals surface area contributed by atoms with Crippen LogP contribution >= 0.6 is 0 Å². The van der Waals surface area contributed by atoms with E-state index in [4.69, 9.17) is 10.5 Å². The lowest BCUT2D eigenvalue weighted by Crippen LogP contribution is -2.21. The molecule has 1 saturated heterocycles. The van der Waals surface area contributed by atoms with E-state index in [-0.39, 0.29) is 5.91 Å². The average molecular weight is 233 g/mol. The Bertz CT molecular complexity index is 434. The van der Waals surface area contributed by atoms with E-state index in [1.807, 2.05) is 12.1 Å². The maximum atomic E-state index is 11.5. The van der Waals surface area contributed by atoms with Crippen LogP contribution in [0.3, 0.4) is 0 Å². The molecule has 1 aliphatic heterocycles. The number of carbonyl (C=O) groups is 1. The standard InChI is InChI=1S/C14H19NO2/c1-9-3-4-12(14(15)16)13(10(9)2)11-5-7-17-8-6-11/h3-4,11H,5-8H2,1-2H3,(H2,15,16). The number of hydrogen-bond donors (Lipinski definition) is 1. The van der Waals surface area contributed by atoms with Gasteiger partial charge >= 0.3 is 0 Å². The number of rotatable bonds is 2. The predicted molar refractivity (Wildman–Crippen MR) is 67.2 cm³/mol. The van der Waals surface area contributed by atoms with E-state index in [1.54, 1.807) is 0 Å². The molecule has 1 aromatic carbocycles. The van der Waals surface area contributed by atoms with Gasteiger partial charge in [0.05, 0.1) is 0 Å². The molecule has 0 bridgehead atoms. The third-order valence-electron chi connectivity index (χ3n) is 3.68. The van der Waals surface area contributed by atoms with Crippen molar-refractivity contribution < 1.29 is 9.53 Å². The summed E-state index contributed by atoms with van der Waals surface area (Å²) in [6, 6.07) is 3.83. The van der Waals surface area contributed by atoms with Crippen LogP contribution in [0.2, 0.25) is 0 Å². The summed E-state index contributed by atoms with van der Waals surface area (Å²) < 4.78 is 5.38. The van der Waals surface area contributed by atoms with Crippen LogP contribution in [0.25, 0.3) is 0 Å². The highest BCUT2D eigenvalue weighted by atomic mass is 16.5. The number of nitrogens with two attached hydrogens (primary N) is 1. The Hall–Kier alpha value is -1.35. The van der Waals surface area contributed by atoms with Crippen LogP contribution in [-0.2, 0) is 4.74 Å². The molecule has 1 fully saturated rings. The van der Waals surface area contributed by atoms with Gasteiger partial charge in [-0.1, -0.05) is 6.07 Å². The second-order valence-electron chi connectivity index (χ2n) is 4.72. The van der Waals surface area contributed by atoms with Gasteiger partial charge in [0.15, 0.2) is 0 Å². The SMILES string of the molecule is Cc1ccc(C(N)=O)c(C2CCOCC2)c1C. The lowest BCUT2D eigenvalue weighted by Gasteiger charge is -2.26. The number of aryl methyl sites for hydroxylation is 1. The Morgan fingerprint density at radius 2 is 1.94 bits per heavy atom. The average Bonchev–Trinajstić information content (AvgIpc) is 2.33. The normalized spacial score (nSPS) is 17.1. The molecule has 0 aliphatic carbocycles. The summed E-state index contributed by atoms with van der Waals surface area (Å²) in [7, 11) is 0. The summed E-state index contributed by atoms with van der Waals surface area (Å²) in [6.45, 7) is 5.70. The zero-order chi connectivity index (χ0) is 12.4. The van der Waals surface area contributed by atoms with Crippen LogP contribution in [-0.4, -0.2) is 19.1 Å². The van der Waals surface area contributed by atoms with Gasteiger partial charge in [0.2, 0.25) is 5.91 Å². The smallest absolute Gasteiger partial charge is 0.248 e. The fourth-order valence-electron chi connectivity index (χ4n) is 2.56.